The fourth-order valence-corrected chi connectivity index (χ4v) is 3.66. The maximum Gasteiger partial charge on any atom is 0.271 e. The number of nitrogens with two attached hydrogens (primary N) is 1. The van der Waals surface area contributed by atoms with Crippen molar-refractivity contribution in [3.8, 4) is 5.95 Å². The molecular formula is C17H18N8OS. The summed E-state index contributed by atoms with van der Waals surface area (Å²) in [5.74, 6) is 7.16. The summed E-state index contributed by atoms with van der Waals surface area (Å²) in [6.07, 6.45) is 0. The average molecular weight is 382 g/mol. The molecule has 0 fully saturated rings. The van der Waals surface area contributed by atoms with Gasteiger partial charge in [0.15, 0.2) is 0 Å². The SMILES string of the molecule is Cc1cc(C)n(-c2nnc(SC(C)c3nc4ccccc4c(=O)[nH]3)n2N)n1. The molecule has 1 aromatic carbocycles. The van der Waals surface area contributed by atoms with Crippen LogP contribution in [0.15, 0.2) is 40.3 Å². The van der Waals surface area contributed by atoms with Crippen LogP contribution in [0.3, 0.4) is 0 Å². The number of benzene rings is 1. The zero-order valence-electron chi connectivity index (χ0n) is 15.0. The zero-order chi connectivity index (χ0) is 19.1. The number of hydrogen-bond acceptors (Lipinski definition) is 7. The highest BCUT2D eigenvalue weighted by Gasteiger charge is 2.19. The number of aromatic amines is 1. The predicted octanol–water partition coefficient (Wildman–Crippen LogP) is 1.88. The average Bonchev–Trinajstić information content (AvgIpc) is 3.16. The molecule has 3 aromatic heterocycles. The lowest BCUT2D eigenvalue weighted by Gasteiger charge is -2.11. The smallest absolute Gasteiger partial charge is 0.271 e. The first-order valence-corrected chi connectivity index (χ1v) is 9.21. The summed E-state index contributed by atoms with van der Waals surface area (Å²) < 4.78 is 3.03. The van der Waals surface area contributed by atoms with E-state index in [4.69, 9.17) is 5.84 Å². The van der Waals surface area contributed by atoms with E-state index in [1.54, 1.807) is 10.7 Å². The van der Waals surface area contributed by atoms with Gasteiger partial charge >= 0.3 is 0 Å². The molecule has 0 radical (unpaired) electrons. The summed E-state index contributed by atoms with van der Waals surface area (Å²) in [5.41, 5.74) is 2.27. The summed E-state index contributed by atoms with van der Waals surface area (Å²) in [4.78, 5) is 19.7. The second kappa shape index (κ2) is 6.54. The number of nitrogens with one attached hydrogen (secondary N) is 1. The van der Waals surface area contributed by atoms with Crippen LogP contribution in [0.1, 0.15) is 29.4 Å². The summed E-state index contributed by atoms with van der Waals surface area (Å²) in [7, 11) is 0. The van der Waals surface area contributed by atoms with E-state index >= 15 is 0 Å². The van der Waals surface area contributed by atoms with Gasteiger partial charge in [0.2, 0.25) is 5.16 Å². The highest BCUT2D eigenvalue weighted by molar-refractivity contribution is 7.99. The molecule has 0 aliphatic carbocycles. The van der Waals surface area contributed by atoms with Gasteiger partial charge < -0.3 is 10.8 Å². The molecule has 0 bridgehead atoms. The number of aryl methyl sites for hydroxylation is 2. The third-order valence-corrected chi connectivity index (χ3v) is 5.21. The molecule has 3 N–H and O–H groups in total. The molecule has 10 heteroatoms. The van der Waals surface area contributed by atoms with Crippen molar-refractivity contribution < 1.29 is 0 Å². The van der Waals surface area contributed by atoms with E-state index in [-0.39, 0.29) is 10.8 Å². The van der Waals surface area contributed by atoms with Crippen LogP contribution in [0.25, 0.3) is 16.9 Å². The minimum Gasteiger partial charge on any atom is -0.334 e. The minimum absolute atomic E-state index is 0.166. The van der Waals surface area contributed by atoms with Crippen molar-refractivity contribution >= 4 is 22.7 Å². The number of para-hydroxylation sites is 1. The van der Waals surface area contributed by atoms with E-state index in [0.717, 1.165) is 11.4 Å². The van der Waals surface area contributed by atoms with Gasteiger partial charge in [-0.05, 0) is 39.0 Å². The van der Waals surface area contributed by atoms with E-state index < -0.39 is 0 Å². The normalized spacial score (nSPS) is 12.6. The van der Waals surface area contributed by atoms with Crippen LogP contribution in [0, 0.1) is 13.8 Å². The molecule has 4 rings (SSSR count). The molecule has 0 spiro atoms. The Hall–Kier alpha value is -3.14. The highest BCUT2D eigenvalue weighted by atomic mass is 32.2. The maximum absolute atomic E-state index is 12.3. The van der Waals surface area contributed by atoms with E-state index in [0.29, 0.717) is 27.8 Å². The molecule has 27 heavy (non-hydrogen) atoms. The van der Waals surface area contributed by atoms with Crippen molar-refractivity contribution in [1.29, 1.82) is 0 Å². The molecule has 0 saturated heterocycles. The Morgan fingerprint density at radius 2 is 2.00 bits per heavy atom. The molecule has 1 atom stereocenters. The lowest BCUT2D eigenvalue weighted by molar-refractivity contribution is 0.726. The van der Waals surface area contributed by atoms with Gasteiger partial charge in [-0.15, -0.1) is 10.2 Å². The Morgan fingerprint density at radius 1 is 1.22 bits per heavy atom. The van der Waals surface area contributed by atoms with Crippen LogP contribution in [0.2, 0.25) is 0 Å². The molecule has 0 aliphatic rings. The largest absolute Gasteiger partial charge is 0.334 e. The first-order valence-electron chi connectivity index (χ1n) is 8.34. The van der Waals surface area contributed by atoms with Crippen LogP contribution in [-0.4, -0.2) is 34.6 Å². The van der Waals surface area contributed by atoms with E-state index in [9.17, 15) is 4.79 Å². The molecule has 0 amide bonds. The monoisotopic (exact) mass is 382 g/mol. The van der Waals surface area contributed by atoms with Gasteiger partial charge in [0.05, 0.1) is 21.8 Å². The van der Waals surface area contributed by atoms with Crippen LogP contribution in [0.4, 0.5) is 0 Å². The molecule has 4 aromatic rings. The topological polar surface area (TPSA) is 120 Å². The Labute approximate surface area is 158 Å². The van der Waals surface area contributed by atoms with E-state index in [1.807, 2.05) is 45.0 Å². The summed E-state index contributed by atoms with van der Waals surface area (Å²) in [6.45, 7) is 5.75. The molecule has 138 valence electrons. The Kier molecular flexibility index (Phi) is 4.19. The molecule has 1 unspecified atom stereocenters. The Balaban J connectivity index is 1.65. The van der Waals surface area contributed by atoms with E-state index in [2.05, 4.69) is 25.3 Å². The fourth-order valence-electron chi connectivity index (χ4n) is 2.84. The number of hydrogen-bond donors (Lipinski definition) is 2. The molecule has 9 nitrogen and oxygen atoms in total. The Bertz CT molecular complexity index is 1190. The number of nitrogens with zero attached hydrogens (tertiary/aromatic N) is 6. The van der Waals surface area contributed by atoms with Gasteiger partial charge in [-0.3, -0.25) is 4.79 Å². The van der Waals surface area contributed by atoms with E-state index in [1.165, 1.54) is 16.4 Å². The number of thioether (sulfide) groups is 1. The van der Waals surface area contributed by atoms with Crippen LogP contribution in [-0.2, 0) is 0 Å². The molecule has 0 saturated carbocycles. The van der Waals surface area contributed by atoms with Gasteiger partial charge in [0, 0.05) is 5.69 Å². The molecule has 3 heterocycles. The third kappa shape index (κ3) is 3.08. The first kappa shape index (κ1) is 17.3. The number of H-pyrrole nitrogens is 1. The number of aromatic nitrogens is 7. The fraction of sp³-hybridized carbons (Fsp3) is 0.235. The second-order valence-electron chi connectivity index (χ2n) is 6.22. The van der Waals surface area contributed by atoms with Gasteiger partial charge in [-0.25, -0.2) is 14.3 Å². The summed E-state index contributed by atoms with van der Waals surface area (Å²) >= 11 is 1.36. The molecular weight excluding hydrogens is 364 g/mol. The van der Waals surface area contributed by atoms with Crippen LogP contribution in [0.5, 0.6) is 0 Å². The van der Waals surface area contributed by atoms with Gasteiger partial charge in [-0.1, -0.05) is 23.9 Å². The minimum atomic E-state index is -0.179. The van der Waals surface area contributed by atoms with Crippen molar-refractivity contribution in [2.75, 3.05) is 5.84 Å². The van der Waals surface area contributed by atoms with Crippen molar-refractivity contribution in [1.82, 2.24) is 34.6 Å². The van der Waals surface area contributed by atoms with Crippen molar-refractivity contribution in [3.05, 3.63) is 57.9 Å². The second-order valence-corrected chi connectivity index (χ2v) is 7.53. The van der Waals surface area contributed by atoms with Crippen LogP contribution < -0.4 is 11.4 Å². The third-order valence-electron chi connectivity index (χ3n) is 4.14. The Morgan fingerprint density at radius 3 is 2.74 bits per heavy atom. The standard InChI is InChI=1S/C17H18N8OS/c1-9-8-10(2)25(23-9)16-21-22-17(24(16)18)27-11(3)14-19-13-7-5-4-6-12(13)15(26)20-14/h4-8,11H,18H2,1-3H3,(H,19,20,26). The number of rotatable bonds is 4. The van der Waals surface area contributed by atoms with Crippen molar-refractivity contribution in [2.24, 2.45) is 0 Å². The summed E-state index contributed by atoms with van der Waals surface area (Å²) in [6, 6.07) is 9.17. The van der Waals surface area contributed by atoms with Crippen molar-refractivity contribution in [3.63, 3.8) is 0 Å². The predicted molar refractivity (Wildman–Crippen MR) is 103 cm³/mol. The van der Waals surface area contributed by atoms with Crippen LogP contribution >= 0.6 is 11.8 Å². The van der Waals surface area contributed by atoms with Gasteiger partial charge in [-0.2, -0.15) is 5.10 Å². The first-order chi connectivity index (χ1) is 12.9. The summed E-state index contributed by atoms with van der Waals surface area (Å²) in [5, 5.41) is 13.6. The maximum atomic E-state index is 12.3. The highest BCUT2D eigenvalue weighted by Crippen LogP contribution is 2.31. The van der Waals surface area contributed by atoms with Gasteiger partial charge in [0.1, 0.15) is 5.82 Å². The quantitative estimate of drug-likeness (QED) is 0.408. The number of nitrogen functional groups attached to an aromatic ring is 1. The zero-order valence-corrected chi connectivity index (χ0v) is 15.9. The number of fused-ring (bicyclic) bond motifs is 1. The lowest BCUT2D eigenvalue weighted by Crippen LogP contribution is -2.18. The lowest BCUT2D eigenvalue weighted by atomic mass is 10.2. The van der Waals surface area contributed by atoms with Crippen molar-refractivity contribution in [2.45, 2.75) is 31.2 Å². The molecule has 0 aliphatic heterocycles. The van der Waals surface area contributed by atoms with Gasteiger partial charge in [0.25, 0.3) is 11.5 Å².